The van der Waals surface area contributed by atoms with Crippen molar-refractivity contribution in [1.82, 2.24) is 9.03 Å². The molecule has 1 atom stereocenters. The van der Waals surface area contributed by atoms with Crippen LogP contribution in [0, 0.1) is 5.92 Å². The van der Waals surface area contributed by atoms with Crippen molar-refractivity contribution in [1.29, 1.82) is 0 Å². The molecule has 2 heterocycles. The second-order valence-electron chi connectivity index (χ2n) is 6.37. The van der Waals surface area contributed by atoms with Crippen LogP contribution >= 0.6 is 0 Å². The van der Waals surface area contributed by atoms with Crippen molar-refractivity contribution in [3.63, 3.8) is 0 Å². The van der Waals surface area contributed by atoms with Crippen molar-refractivity contribution >= 4 is 26.0 Å². The van der Waals surface area contributed by atoms with Gasteiger partial charge in [-0.3, -0.25) is 4.79 Å². The van der Waals surface area contributed by atoms with Crippen molar-refractivity contribution in [2.45, 2.75) is 28.7 Å². The Bertz CT molecular complexity index is 877. The highest BCUT2D eigenvalue weighted by atomic mass is 32.2. The van der Waals surface area contributed by atoms with Crippen LogP contribution in [-0.4, -0.2) is 64.6 Å². The monoisotopic (exact) mass is 404 g/mol. The SMILES string of the molecule is O=C(O)[C@@H]1CCCN(S(=O)(=O)c2ccc(S(=O)(=O)NC3COC3)cc2)C1. The molecule has 1 aromatic carbocycles. The van der Waals surface area contributed by atoms with Gasteiger partial charge in [0.2, 0.25) is 20.0 Å². The molecule has 2 fully saturated rings. The van der Waals surface area contributed by atoms with Gasteiger partial charge in [-0.25, -0.2) is 21.6 Å². The van der Waals surface area contributed by atoms with Crippen LogP contribution in [0.2, 0.25) is 0 Å². The number of nitrogens with one attached hydrogen (secondary N) is 1. The zero-order chi connectivity index (χ0) is 18.9. The maximum absolute atomic E-state index is 12.7. The predicted molar refractivity (Wildman–Crippen MR) is 90.5 cm³/mol. The third-order valence-electron chi connectivity index (χ3n) is 4.47. The van der Waals surface area contributed by atoms with Gasteiger partial charge in [0, 0.05) is 13.1 Å². The number of benzene rings is 1. The summed E-state index contributed by atoms with van der Waals surface area (Å²) in [6.07, 6.45) is 0.908. The van der Waals surface area contributed by atoms with Crippen molar-refractivity contribution in [3.8, 4) is 0 Å². The summed E-state index contributed by atoms with van der Waals surface area (Å²) in [4.78, 5) is 11.0. The first kappa shape index (κ1) is 19.2. The molecule has 2 aliphatic rings. The van der Waals surface area contributed by atoms with Gasteiger partial charge < -0.3 is 9.84 Å². The summed E-state index contributed by atoms with van der Waals surface area (Å²) in [6.45, 7) is 0.785. The summed E-state index contributed by atoms with van der Waals surface area (Å²) in [7, 11) is -7.62. The van der Waals surface area contributed by atoms with Crippen LogP contribution in [0.25, 0.3) is 0 Å². The first-order valence-corrected chi connectivity index (χ1v) is 11.1. The number of carboxylic acids is 1. The minimum atomic E-state index is -3.87. The fourth-order valence-corrected chi connectivity index (χ4v) is 5.62. The molecule has 0 aliphatic carbocycles. The lowest BCUT2D eigenvalue weighted by Crippen LogP contribution is -2.48. The highest BCUT2D eigenvalue weighted by Gasteiger charge is 2.33. The van der Waals surface area contributed by atoms with Gasteiger partial charge >= 0.3 is 5.97 Å². The van der Waals surface area contributed by atoms with E-state index < -0.39 is 31.9 Å². The Morgan fingerprint density at radius 2 is 1.73 bits per heavy atom. The molecule has 0 bridgehead atoms. The zero-order valence-electron chi connectivity index (χ0n) is 13.9. The highest BCUT2D eigenvalue weighted by Crippen LogP contribution is 2.25. The zero-order valence-corrected chi connectivity index (χ0v) is 15.5. The molecule has 2 N–H and O–H groups in total. The molecular weight excluding hydrogens is 384 g/mol. The Kier molecular flexibility index (Phi) is 5.35. The lowest BCUT2D eigenvalue weighted by Gasteiger charge is -2.29. The second-order valence-corrected chi connectivity index (χ2v) is 10.0. The first-order valence-electron chi connectivity index (χ1n) is 8.13. The number of aliphatic carboxylic acids is 1. The molecule has 0 aromatic heterocycles. The van der Waals surface area contributed by atoms with E-state index in [9.17, 15) is 21.6 Å². The summed E-state index contributed by atoms with van der Waals surface area (Å²) >= 11 is 0. The average Bonchev–Trinajstić information content (AvgIpc) is 2.58. The predicted octanol–water partition coefficient (Wildman–Crippen LogP) is -0.151. The van der Waals surface area contributed by atoms with Gasteiger partial charge in [0.15, 0.2) is 0 Å². The van der Waals surface area contributed by atoms with Gasteiger partial charge in [0.25, 0.3) is 0 Å². The van der Waals surface area contributed by atoms with Gasteiger partial charge in [-0.15, -0.1) is 0 Å². The molecule has 2 saturated heterocycles. The molecule has 0 unspecified atom stereocenters. The Morgan fingerprint density at radius 1 is 1.12 bits per heavy atom. The van der Waals surface area contributed by atoms with Crippen LogP contribution in [0.1, 0.15) is 12.8 Å². The minimum Gasteiger partial charge on any atom is -0.481 e. The van der Waals surface area contributed by atoms with E-state index in [4.69, 9.17) is 9.84 Å². The molecule has 0 saturated carbocycles. The number of piperidine rings is 1. The minimum absolute atomic E-state index is 0.0367. The Hall–Kier alpha value is -1.53. The summed E-state index contributed by atoms with van der Waals surface area (Å²) in [6, 6.07) is 4.64. The van der Waals surface area contributed by atoms with Crippen LogP contribution in [0.5, 0.6) is 0 Å². The summed E-state index contributed by atoms with van der Waals surface area (Å²) in [5.41, 5.74) is 0. The van der Waals surface area contributed by atoms with Crippen molar-refractivity contribution in [2.24, 2.45) is 5.92 Å². The first-order chi connectivity index (χ1) is 12.2. The van der Waals surface area contributed by atoms with Crippen LogP contribution in [-0.2, 0) is 29.6 Å². The van der Waals surface area contributed by atoms with Gasteiger partial charge in [0.1, 0.15) is 0 Å². The van der Waals surface area contributed by atoms with E-state index in [-0.39, 0.29) is 28.9 Å². The van der Waals surface area contributed by atoms with Gasteiger partial charge in [-0.2, -0.15) is 4.31 Å². The van der Waals surface area contributed by atoms with E-state index in [0.717, 1.165) is 4.31 Å². The Labute approximate surface area is 152 Å². The maximum atomic E-state index is 12.7. The number of hydrogen-bond donors (Lipinski definition) is 2. The van der Waals surface area contributed by atoms with Gasteiger partial charge in [-0.1, -0.05) is 0 Å². The molecule has 1 aromatic rings. The number of carbonyl (C=O) groups is 1. The van der Waals surface area contributed by atoms with E-state index in [1.54, 1.807) is 0 Å². The largest absolute Gasteiger partial charge is 0.481 e. The number of nitrogens with zero attached hydrogens (tertiary/aromatic N) is 1. The fourth-order valence-electron chi connectivity index (χ4n) is 2.89. The number of carboxylic acid groups (broad SMARTS) is 1. The van der Waals surface area contributed by atoms with Crippen molar-refractivity contribution in [3.05, 3.63) is 24.3 Å². The lowest BCUT2D eigenvalue weighted by atomic mass is 10.0. The van der Waals surface area contributed by atoms with Crippen LogP contribution < -0.4 is 4.72 Å². The van der Waals surface area contributed by atoms with Crippen LogP contribution in [0.15, 0.2) is 34.1 Å². The molecule has 11 heteroatoms. The summed E-state index contributed by atoms with van der Waals surface area (Å²) in [5.74, 6) is -1.75. The van der Waals surface area contributed by atoms with Gasteiger partial charge in [0.05, 0.1) is 35.0 Å². The summed E-state index contributed by atoms with van der Waals surface area (Å²) < 4.78 is 58.4. The Morgan fingerprint density at radius 3 is 2.27 bits per heavy atom. The summed E-state index contributed by atoms with van der Waals surface area (Å²) in [5, 5.41) is 9.11. The van der Waals surface area contributed by atoms with E-state index in [0.29, 0.717) is 26.1 Å². The standard InChI is InChI=1S/C15H20N2O7S2/c18-15(19)11-2-1-7-17(8-11)26(22,23)14-5-3-13(4-6-14)25(20,21)16-12-9-24-10-12/h3-6,11-12,16H,1-2,7-10H2,(H,18,19)/t11-/m1/s1. The third kappa shape index (κ3) is 3.91. The van der Waals surface area contributed by atoms with Crippen LogP contribution in [0.3, 0.4) is 0 Å². The topological polar surface area (TPSA) is 130 Å². The molecule has 0 radical (unpaired) electrons. The van der Waals surface area contributed by atoms with Crippen LogP contribution in [0.4, 0.5) is 0 Å². The maximum Gasteiger partial charge on any atom is 0.307 e. The molecule has 0 amide bonds. The molecule has 9 nitrogen and oxygen atoms in total. The normalized spacial score (nSPS) is 22.7. The second kappa shape index (κ2) is 7.24. The van der Waals surface area contributed by atoms with Crippen molar-refractivity contribution < 1.29 is 31.5 Å². The fraction of sp³-hybridized carbons (Fsp3) is 0.533. The smallest absolute Gasteiger partial charge is 0.307 e. The third-order valence-corrected chi connectivity index (χ3v) is 7.88. The number of hydrogen-bond acceptors (Lipinski definition) is 6. The van der Waals surface area contributed by atoms with E-state index in [2.05, 4.69) is 4.72 Å². The quantitative estimate of drug-likeness (QED) is 0.674. The Balaban J connectivity index is 1.77. The molecule has 2 aliphatic heterocycles. The highest BCUT2D eigenvalue weighted by molar-refractivity contribution is 7.89. The molecule has 3 rings (SSSR count). The average molecular weight is 404 g/mol. The van der Waals surface area contributed by atoms with E-state index in [1.165, 1.54) is 24.3 Å². The van der Waals surface area contributed by atoms with E-state index >= 15 is 0 Å². The van der Waals surface area contributed by atoms with E-state index in [1.807, 2.05) is 0 Å². The van der Waals surface area contributed by atoms with Crippen molar-refractivity contribution in [2.75, 3.05) is 26.3 Å². The number of rotatable bonds is 6. The van der Waals surface area contributed by atoms with Gasteiger partial charge in [-0.05, 0) is 37.1 Å². The molecule has 26 heavy (non-hydrogen) atoms. The molecule has 144 valence electrons. The number of ether oxygens (including phenoxy) is 1. The molecule has 0 spiro atoms. The number of sulfonamides is 2. The molecular formula is C15H20N2O7S2. The lowest BCUT2D eigenvalue weighted by molar-refractivity contribution is -0.142.